The maximum Gasteiger partial charge on any atom is 0.361 e. The van der Waals surface area contributed by atoms with E-state index < -0.39 is 18.4 Å². The summed E-state index contributed by atoms with van der Waals surface area (Å²) in [5, 5.41) is 9.72. The molecule has 0 aromatic carbocycles. The lowest BCUT2D eigenvalue weighted by molar-refractivity contribution is -0.870. The average Bonchev–Trinajstić information content (AvgIpc) is 3.36. The highest BCUT2D eigenvalue weighted by atomic mass is 16.7. The fraction of sp³-hybridized carbons (Fsp3) is 0.891. The zero-order valence-electron chi connectivity index (χ0n) is 49.1. The predicted molar refractivity (Wildman–Crippen MR) is 309 cm³/mol. The van der Waals surface area contributed by atoms with Crippen molar-refractivity contribution in [1.29, 1.82) is 0 Å². The second-order valence-corrected chi connectivity index (χ2v) is 22.7. The number of carboxylic acid groups (broad SMARTS) is 1. The molecule has 0 saturated heterocycles. The van der Waals surface area contributed by atoms with E-state index in [1.165, 1.54) is 244 Å². The SMILES string of the molecule is CCCCCCCCCC/C=C\CCCCCCCCCCCCCCCC(=O)OC(COC(=O)CCCCCCCCCCCCC/C=C\CCCCCCCCCC)COC(OCC[N+](C)(C)C)C(=O)O. The van der Waals surface area contributed by atoms with E-state index in [1.54, 1.807) is 0 Å². The average molecular weight is 1030 g/mol. The number of ether oxygens (including phenoxy) is 4. The molecule has 0 radical (unpaired) electrons. The molecule has 0 aliphatic carbocycles. The Morgan fingerprint density at radius 2 is 0.699 bits per heavy atom. The van der Waals surface area contributed by atoms with E-state index in [4.69, 9.17) is 18.9 Å². The third-order valence-corrected chi connectivity index (χ3v) is 14.2. The summed E-state index contributed by atoms with van der Waals surface area (Å²) in [6, 6.07) is 0. The van der Waals surface area contributed by atoms with Crippen molar-refractivity contribution in [3.63, 3.8) is 0 Å². The van der Waals surface area contributed by atoms with Crippen LogP contribution in [0.1, 0.15) is 309 Å². The number of aliphatic carboxylic acids is 1. The van der Waals surface area contributed by atoms with Gasteiger partial charge in [-0.2, -0.15) is 0 Å². The van der Waals surface area contributed by atoms with Crippen LogP contribution >= 0.6 is 0 Å². The van der Waals surface area contributed by atoms with Gasteiger partial charge >= 0.3 is 17.9 Å². The number of esters is 2. The summed E-state index contributed by atoms with van der Waals surface area (Å²) in [6.07, 6.45) is 64.1. The van der Waals surface area contributed by atoms with E-state index in [0.29, 0.717) is 17.4 Å². The second kappa shape index (κ2) is 56.0. The summed E-state index contributed by atoms with van der Waals surface area (Å²) in [5.41, 5.74) is 0. The minimum atomic E-state index is -1.51. The van der Waals surface area contributed by atoms with Gasteiger partial charge in [-0.05, 0) is 64.2 Å². The van der Waals surface area contributed by atoms with Crippen molar-refractivity contribution in [2.75, 3.05) is 47.5 Å². The van der Waals surface area contributed by atoms with Crippen LogP contribution in [-0.2, 0) is 33.3 Å². The van der Waals surface area contributed by atoms with Crippen LogP contribution in [-0.4, -0.2) is 87.4 Å². The monoisotopic (exact) mass is 1030 g/mol. The van der Waals surface area contributed by atoms with E-state index >= 15 is 0 Å². The Morgan fingerprint density at radius 3 is 1.01 bits per heavy atom. The molecule has 0 fully saturated rings. The Bertz CT molecular complexity index is 1250. The summed E-state index contributed by atoms with van der Waals surface area (Å²) >= 11 is 0. The number of allylic oxidation sites excluding steroid dienone is 4. The van der Waals surface area contributed by atoms with E-state index in [2.05, 4.69) is 38.2 Å². The van der Waals surface area contributed by atoms with Gasteiger partial charge in [0, 0.05) is 12.8 Å². The van der Waals surface area contributed by atoms with Gasteiger partial charge in [0.15, 0.2) is 6.10 Å². The molecular weight excluding hydrogens is 911 g/mol. The van der Waals surface area contributed by atoms with Crippen molar-refractivity contribution < 1.29 is 42.9 Å². The first-order valence-corrected chi connectivity index (χ1v) is 31.5. The number of rotatable bonds is 59. The summed E-state index contributed by atoms with van der Waals surface area (Å²) < 4.78 is 22.9. The number of carbonyl (C=O) groups excluding carboxylic acids is 2. The van der Waals surface area contributed by atoms with Crippen molar-refractivity contribution in [2.24, 2.45) is 0 Å². The first-order valence-electron chi connectivity index (χ1n) is 31.5. The number of likely N-dealkylation sites (N-methyl/N-ethyl adjacent to an activating group) is 1. The van der Waals surface area contributed by atoms with Gasteiger partial charge in [0.1, 0.15) is 13.2 Å². The molecule has 0 aromatic heterocycles. The normalized spacial score (nSPS) is 12.8. The molecule has 0 amide bonds. The highest BCUT2D eigenvalue weighted by Gasteiger charge is 2.25. The highest BCUT2D eigenvalue weighted by molar-refractivity contribution is 5.71. The molecule has 0 aliphatic heterocycles. The lowest BCUT2D eigenvalue weighted by atomic mass is 10.0. The molecule has 2 atom stereocenters. The van der Waals surface area contributed by atoms with Crippen LogP contribution in [0.2, 0.25) is 0 Å². The van der Waals surface area contributed by atoms with Crippen LogP contribution in [0.5, 0.6) is 0 Å². The van der Waals surface area contributed by atoms with E-state index in [9.17, 15) is 19.5 Å². The number of carboxylic acids is 1. The Hall–Kier alpha value is -2.23. The lowest BCUT2D eigenvalue weighted by Gasteiger charge is -2.25. The minimum absolute atomic E-state index is 0.178. The van der Waals surface area contributed by atoms with Gasteiger partial charge in [-0.1, -0.05) is 256 Å². The van der Waals surface area contributed by atoms with Crippen LogP contribution in [0.25, 0.3) is 0 Å². The Morgan fingerprint density at radius 1 is 0.397 bits per heavy atom. The summed E-state index contributed by atoms with van der Waals surface area (Å²) in [4.78, 5) is 37.5. The molecule has 0 aromatic rings. The van der Waals surface area contributed by atoms with Gasteiger partial charge in [0.25, 0.3) is 6.29 Å². The third-order valence-electron chi connectivity index (χ3n) is 14.2. The standard InChI is InChI=1S/C64H121NO8/c1-6-8-10-12-14-16-18-20-22-24-26-28-30-31-33-35-37-39-41-43-45-47-49-51-53-55-62(67)73-60(59-72-64(63(68)69)70-57-56-65(3,4)5)58-71-61(66)54-52-50-48-46-44-42-40-38-36-34-32-29-27-25-23-21-19-17-15-13-11-9-7-2/h24-27,60,64H,6-23,28-59H2,1-5H3/p+1/b26-24-,27-25-. The fourth-order valence-corrected chi connectivity index (χ4v) is 9.30. The Kier molecular flexibility index (Phi) is 54.3. The van der Waals surface area contributed by atoms with Crippen LogP contribution in [0, 0.1) is 0 Å². The number of unbranched alkanes of at least 4 members (excludes halogenated alkanes) is 40. The van der Waals surface area contributed by atoms with E-state index in [1.807, 2.05) is 21.1 Å². The molecule has 9 heteroatoms. The second-order valence-electron chi connectivity index (χ2n) is 22.7. The lowest BCUT2D eigenvalue weighted by Crippen LogP contribution is -2.40. The molecule has 0 aliphatic rings. The number of hydrogen-bond donors (Lipinski definition) is 1. The molecule has 0 heterocycles. The third kappa shape index (κ3) is 57.3. The van der Waals surface area contributed by atoms with Crippen molar-refractivity contribution in [3.05, 3.63) is 24.3 Å². The quantitative estimate of drug-likeness (QED) is 0.0211. The maximum atomic E-state index is 12.9. The summed E-state index contributed by atoms with van der Waals surface area (Å²) in [5.74, 6) is -1.98. The molecule has 430 valence electrons. The van der Waals surface area contributed by atoms with Crippen molar-refractivity contribution >= 4 is 17.9 Å². The van der Waals surface area contributed by atoms with Gasteiger partial charge in [0.05, 0.1) is 34.4 Å². The Labute approximate surface area is 452 Å². The fourth-order valence-electron chi connectivity index (χ4n) is 9.30. The van der Waals surface area contributed by atoms with Crippen LogP contribution in [0.4, 0.5) is 0 Å². The highest BCUT2D eigenvalue weighted by Crippen LogP contribution is 2.17. The number of hydrogen-bond acceptors (Lipinski definition) is 7. The van der Waals surface area contributed by atoms with Gasteiger partial charge in [-0.25, -0.2) is 4.79 Å². The molecule has 9 nitrogen and oxygen atoms in total. The predicted octanol–water partition coefficient (Wildman–Crippen LogP) is 18.7. The molecule has 73 heavy (non-hydrogen) atoms. The zero-order chi connectivity index (χ0) is 53.4. The summed E-state index contributed by atoms with van der Waals surface area (Å²) in [7, 11) is 5.98. The topological polar surface area (TPSA) is 108 Å². The van der Waals surface area contributed by atoms with Crippen molar-refractivity contribution in [2.45, 2.75) is 322 Å². The minimum Gasteiger partial charge on any atom is -0.477 e. The molecule has 1 N–H and O–H groups in total. The largest absolute Gasteiger partial charge is 0.477 e. The molecule has 0 bridgehead atoms. The first-order chi connectivity index (χ1) is 35.6. The van der Waals surface area contributed by atoms with Gasteiger partial charge in [0.2, 0.25) is 0 Å². The molecule has 0 rings (SSSR count). The Balaban J connectivity index is 4.16. The number of carbonyl (C=O) groups is 3. The molecule has 0 saturated carbocycles. The van der Waals surface area contributed by atoms with E-state index in [-0.39, 0.29) is 38.2 Å². The number of nitrogens with zero attached hydrogens (tertiary/aromatic N) is 1. The van der Waals surface area contributed by atoms with Crippen molar-refractivity contribution in [1.82, 2.24) is 0 Å². The van der Waals surface area contributed by atoms with Gasteiger partial charge in [-0.3, -0.25) is 9.59 Å². The van der Waals surface area contributed by atoms with E-state index in [0.717, 1.165) is 38.5 Å². The maximum absolute atomic E-state index is 12.9. The van der Waals surface area contributed by atoms with Crippen LogP contribution in [0.3, 0.4) is 0 Å². The number of quaternary nitrogens is 1. The molecule has 0 spiro atoms. The van der Waals surface area contributed by atoms with Crippen LogP contribution in [0.15, 0.2) is 24.3 Å². The van der Waals surface area contributed by atoms with Gasteiger partial charge in [-0.15, -0.1) is 0 Å². The smallest absolute Gasteiger partial charge is 0.361 e. The van der Waals surface area contributed by atoms with Gasteiger partial charge < -0.3 is 28.5 Å². The van der Waals surface area contributed by atoms with Crippen molar-refractivity contribution in [3.8, 4) is 0 Å². The van der Waals surface area contributed by atoms with Crippen LogP contribution < -0.4 is 0 Å². The molecule has 2 unspecified atom stereocenters. The first kappa shape index (κ1) is 70.8. The molecular formula is C64H122NO8+. The zero-order valence-corrected chi connectivity index (χ0v) is 49.1. The summed E-state index contributed by atoms with van der Waals surface area (Å²) in [6.45, 7) is 4.93.